The predicted molar refractivity (Wildman–Crippen MR) is 62.9 cm³/mol. The minimum absolute atomic E-state index is 0.00881. The van der Waals surface area contributed by atoms with E-state index in [1.807, 2.05) is 0 Å². The van der Waals surface area contributed by atoms with Crippen LogP contribution in [0.3, 0.4) is 0 Å². The summed E-state index contributed by atoms with van der Waals surface area (Å²) >= 11 is 0. The molecule has 0 aromatic carbocycles. The zero-order chi connectivity index (χ0) is 12.3. The van der Waals surface area contributed by atoms with Crippen molar-refractivity contribution in [2.75, 3.05) is 20.1 Å². The van der Waals surface area contributed by atoms with Crippen molar-refractivity contribution in [1.82, 2.24) is 15.1 Å². The molecule has 1 unspecified atom stereocenters. The molecule has 1 fully saturated rings. The third kappa shape index (κ3) is 3.23. The van der Waals surface area contributed by atoms with Gasteiger partial charge in [0.1, 0.15) is 0 Å². The number of nitrogens with zero attached hydrogens (tertiary/aromatic N) is 3. The summed E-state index contributed by atoms with van der Waals surface area (Å²) in [5.74, 6) is -0.417. The lowest BCUT2D eigenvalue weighted by atomic mass is 9.93. The van der Waals surface area contributed by atoms with Gasteiger partial charge in [-0.3, -0.25) is 0 Å². The molecule has 2 rings (SSSR count). The van der Waals surface area contributed by atoms with Crippen molar-refractivity contribution < 1.29 is 9.90 Å². The summed E-state index contributed by atoms with van der Waals surface area (Å²) in [6.45, 7) is 2.25. The van der Waals surface area contributed by atoms with E-state index in [0.717, 1.165) is 18.7 Å². The molecule has 5 heteroatoms. The fourth-order valence-corrected chi connectivity index (χ4v) is 2.32. The molecule has 1 aromatic rings. The second-order valence-corrected chi connectivity index (χ2v) is 4.69. The molecule has 2 heterocycles. The molecule has 1 aliphatic rings. The number of carboxylic acids is 1. The van der Waals surface area contributed by atoms with Gasteiger partial charge in [-0.2, -0.15) is 5.10 Å². The second-order valence-electron chi connectivity index (χ2n) is 4.69. The Hall–Kier alpha value is -1.49. The van der Waals surface area contributed by atoms with Crippen LogP contribution in [0.25, 0.3) is 0 Å². The number of hydrogen-bond acceptors (Lipinski definition) is 4. The van der Waals surface area contributed by atoms with Crippen LogP contribution < -0.4 is 0 Å². The van der Waals surface area contributed by atoms with Gasteiger partial charge in [0.15, 0.2) is 5.69 Å². The Kier molecular flexibility index (Phi) is 3.68. The molecule has 1 atom stereocenters. The molecule has 0 radical (unpaired) electrons. The number of rotatable bonds is 3. The molecule has 0 aliphatic carbocycles. The molecule has 1 aromatic heterocycles. The van der Waals surface area contributed by atoms with Gasteiger partial charge in [0.25, 0.3) is 0 Å². The minimum Gasteiger partial charge on any atom is -0.476 e. The van der Waals surface area contributed by atoms with Crippen LogP contribution in [0, 0.1) is 5.92 Å². The van der Waals surface area contributed by atoms with Gasteiger partial charge in [-0.1, -0.05) is 0 Å². The van der Waals surface area contributed by atoms with E-state index in [4.69, 9.17) is 5.11 Å². The molecule has 0 bridgehead atoms. The van der Waals surface area contributed by atoms with Crippen LogP contribution in [0.2, 0.25) is 0 Å². The lowest BCUT2D eigenvalue weighted by molar-refractivity contribution is 0.0689. The van der Waals surface area contributed by atoms with Crippen molar-refractivity contribution in [3.8, 4) is 0 Å². The molecule has 0 saturated carbocycles. The highest BCUT2D eigenvalue weighted by atomic mass is 16.4. The van der Waals surface area contributed by atoms with Crippen LogP contribution in [-0.2, 0) is 6.42 Å². The molecule has 0 amide bonds. The number of aromatic carboxylic acids is 1. The lowest BCUT2D eigenvalue weighted by Crippen LogP contribution is -2.33. The average Bonchev–Trinajstić information content (AvgIpc) is 2.29. The summed E-state index contributed by atoms with van der Waals surface area (Å²) < 4.78 is 0. The maximum absolute atomic E-state index is 10.6. The second kappa shape index (κ2) is 5.23. The van der Waals surface area contributed by atoms with Gasteiger partial charge >= 0.3 is 5.97 Å². The maximum atomic E-state index is 10.6. The number of carboxylic acid groups (broad SMARTS) is 1. The highest BCUT2D eigenvalue weighted by Crippen LogP contribution is 2.18. The van der Waals surface area contributed by atoms with Crippen LogP contribution in [0.5, 0.6) is 0 Å². The largest absolute Gasteiger partial charge is 0.476 e. The van der Waals surface area contributed by atoms with E-state index in [1.165, 1.54) is 25.5 Å². The van der Waals surface area contributed by atoms with E-state index in [2.05, 4.69) is 22.1 Å². The Morgan fingerprint density at radius 3 is 2.94 bits per heavy atom. The summed E-state index contributed by atoms with van der Waals surface area (Å²) in [6, 6.07) is 3.29. The predicted octanol–water partition coefficient (Wildman–Crippen LogP) is 1.06. The summed E-state index contributed by atoms with van der Waals surface area (Å²) in [5.41, 5.74) is 0.893. The average molecular weight is 235 g/mol. The fraction of sp³-hybridized carbons (Fsp3) is 0.583. The van der Waals surface area contributed by atoms with E-state index < -0.39 is 5.97 Å². The first-order chi connectivity index (χ1) is 8.15. The summed E-state index contributed by atoms with van der Waals surface area (Å²) in [6.07, 6.45) is 3.33. The Bertz CT molecular complexity index is 391. The number of hydrogen-bond donors (Lipinski definition) is 1. The van der Waals surface area contributed by atoms with E-state index >= 15 is 0 Å². The molecule has 0 spiro atoms. The summed E-state index contributed by atoms with van der Waals surface area (Å²) in [7, 11) is 2.13. The number of aromatic nitrogens is 2. The zero-order valence-corrected chi connectivity index (χ0v) is 9.96. The fourth-order valence-electron chi connectivity index (χ4n) is 2.32. The van der Waals surface area contributed by atoms with Crippen molar-refractivity contribution in [1.29, 1.82) is 0 Å². The topological polar surface area (TPSA) is 66.3 Å². The quantitative estimate of drug-likeness (QED) is 0.848. The van der Waals surface area contributed by atoms with Gasteiger partial charge in [0, 0.05) is 6.54 Å². The summed E-state index contributed by atoms with van der Waals surface area (Å²) in [5, 5.41) is 16.4. The highest BCUT2D eigenvalue weighted by Gasteiger charge is 2.18. The van der Waals surface area contributed by atoms with Gasteiger partial charge in [-0.15, -0.1) is 5.10 Å². The summed E-state index contributed by atoms with van der Waals surface area (Å²) in [4.78, 5) is 13.0. The van der Waals surface area contributed by atoms with Crippen molar-refractivity contribution >= 4 is 5.97 Å². The Morgan fingerprint density at radius 2 is 2.35 bits per heavy atom. The number of carbonyl (C=O) groups is 1. The molecule has 1 N–H and O–H groups in total. The van der Waals surface area contributed by atoms with E-state index in [9.17, 15) is 4.79 Å². The van der Waals surface area contributed by atoms with Crippen molar-refractivity contribution in [2.24, 2.45) is 5.92 Å². The molecular formula is C12H17N3O2. The molecule has 1 aliphatic heterocycles. The molecular weight excluding hydrogens is 218 g/mol. The molecule has 17 heavy (non-hydrogen) atoms. The SMILES string of the molecule is CN1CCCC(Cc2ccc(C(=O)O)nn2)C1. The van der Waals surface area contributed by atoms with Gasteiger partial charge in [0.2, 0.25) is 0 Å². The Morgan fingerprint density at radius 1 is 1.53 bits per heavy atom. The third-order valence-corrected chi connectivity index (χ3v) is 3.16. The first-order valence-electron chi connectivity index (χ1n) is 5.89. The number of piperidine rings is 1. The molecule has 92 valence electrons. The Balaban J connectivity index is 1.96. The van der Waals surface area contributed by atoms with Crippen LogP contribution in [-0.4, -0.2) is 46.3 Å². The van der Waals surface area contributed by atoms with Crippen molar-refractivity contribution in [2.45, 2.75) is 19.3 Å². The highest BCUT2D eigenvalue weighted by molar-refractivity contribution is 5.84. The van der Waals surface area contributed by atoms with Gasteiger partial charge in [-0.05, 0) is 50.9 Å². The van der Waals surface area contributed by atoms with E-state index in [0.29, 0.717) is 5.92 Å². The first-order valence-corrected chi connectivity index (χ1v) is 5.89. The Labute approximate surface area is 100 Å². The maximum Gasteiger partial charge on any atom is 0.356 e. The van der Waals surface area contributed by atoms with Gasteiger partial charge < -0.3 is 10.0 Å². The normalized spacial score (nSPS) is 21.4. The van der Waals surface area contributed by atoms with Gasteiger partial charge in [0.05, 0.1) is 5.69 Å². The third-order valence-electron chi connectivity index (χ3n) is 3.16. The lowest BCUT2D eigenvalue weighted by Gasteiger charge is -2.29. The smallest absolute Gasteiger partial charge is 0.356 e. The van der Waals surface area contributed by atoms with Crippen LogP contribution >= 0.6 is 0 Å². The first kappa shape index (κ1) is 12.0. The van der Waals surface area contributed by atoms with Crippen molar-refractivity contribution in [3.63, 3.8) is 0 Å². The monoisotopic (exact) mass is 235 g/mol. The van der Waals surface area contributed by atoms with Crippen LogP contribution in [0.4, 0.5) is 0 Å². The number of likely N-dealkylation sites (tertiary alicyclic amines) is 1. The standard InChI is InChI=1S/C12H17N3O2/c1-15-6-2-3-9(8-15)7-10-4-5-11(12(16)17)14-13-10/h4-5,9H,2-3,6-8H2,1H3,(H,16,17). The van der Waals surface area contributed by atoms with Crippen LogP contribution in [0.15, 0.2) is 12.1 Å². The molecule has 5 nitrogen and oxygen atoms in total. The minimum atomic E-state index is -1.03. The molecule has 1 saturated heterocycles. The van der Waals surface area contributed by atoms with Gasteiger partial charge in [-0.25, -0.2) is 4.79 Å². The zero-order valence-electron chi connectivity index (χ0n) is 9.96. The van der Waals surface area contributed by atoms with Crippen molar-refractivity contribution in [3.05, 3.63) is 23.5 Å². The van der Waals surface area contributed by atoms with E-state index in [1.54, 1.807) is 6.07 Å². The van der Waals surface area contributed by atoms with E-state index in [-0.39, 0.29) is 5.69 Å². The van der Waals surface area contributed by atoms with Crippen LogP contribution in [0.1, 0.15) is 29.0 Å².